The van der Waals surface area contributed by atoms with Crippen LogP contribution >= 0.6 is 0 Å². The van der Waals surface area contributed by atoms with E-state index in [4.69, 9.17) is 0 Å². The second-order valence-corrected chi connectivity index (χ2v) is 6.81. The summed E-state index contributed by atoms with van der Waals surface area (Å²) in [5, 5.41) is 23.3. The van der Waals surface area contributed by atoms with Crippen LogP contribution in [-0.2, 0) is 9.84 Å². The van der Waals surface area contributed by atoms with Gasteiger partial charge in [0.05, 0.1) is 28.6 Å². The Kier molecular flexibility index (Phi) is 3.46. The molecule has 7 nitrogen and oxygen atoms in total. The van der Waals surface area contributed by atoms with E-state index in [-0.39, 0.29) is 17.2 Å². The van der Waals surface area contributed by atoms with Gasteiger partial charge in [0.2, 0.25) is 0 Å². The first kappa shape index (κ1) is 13.8. The molecule has 1 aliphatic rings. The predicted molar refractivity (Wildman–Crippen MR) is 69.9 cm³/mol. The lowest BCUT2D eigenvalue weighted by atomic mass is 10.1. The first-order valence-electron chi connectivity index (χ1n) is 5.68. The number of aliphatic hydroxyl groups is 1. The summed E-state index contributed by atoms with van der Waals surface area (Å²) in [5.41, 5.74) is 1.14. The van der Waals surface area contributed by atoms with Crippen LogP contribution in [0.15, 0.2) is 18.2 Å². The highest BCUT2D eigenvalue weighted by atomic mass is 32.2. The van der Waals surface area contributed by atoms with Crippen LogP contribution in [0.25, 0.3) is 0 Å². The lowest BCUT2D eigenvalue weighted by Crippen LogP contribution is -2.32. The van der Waals surface area contributed by atoms with Gasteiger partial charge < -0.3 is 10.4 Å². The van der Waals surface area contributed by atoms with Gasteiger partial charge in [-0.15, -0.1) is 0 Å². The molecule has 1 aromatic rings. The molecule has 104 valence electrons. The second-order valence-electron chi connectivity index (χ2n) is 4.65. The van der Waals surface area contributed by atoms with Crippen molar-refractivity contribution in [1.29, 1.82) is 0 Å². The molecular weight excluding hydrogens is 272 g/mol. The van der Waals surface area contributed by atoms with Crippen LogP contribution in [0.3, 0.4) is 0 Å². The normalized spacial score (nSPS) is 25.2. The molecule has 1 saturated heterocycles. The van der Waals surface area contributed by atoms with E-state index in [0.29, 0.717) is 5.69 Å². The zero-order chi connectivity index (χ0) is 14.2. The van der Waals surface area contributed by atoms with Gasteiger partial charge in [0.1, 0.15) is 0 Å². The number of nitrogens with zero attached hydrogens (tertiary/aromatic N) is 1. The van der Waals surface area contributed by atoms with Crippen LogP contribution in [0.2, 0.25) is 0 Å². The van der Waals surface area contributed by atoms with Crippen LogP contribution in [-0.4, -0.2) is 42.1 Å². The van der Waals surface area contributed by atoms with Crippen LogP contribution < -0.4 is 5.32 Å². The Hall–Kier alpha value is -1.67. The molecule has 1 heterocycles. The maximum absolute atomic E-state index is 11.4. The van der Waals surface area contributed by atoms with Crippen molar-refractivity contribution in [2.24, 2.45) is 0 Å². The third-order valence-electron chi connectivity index (χ3n) is 3.10. The Morgan fingerprint density at radius 1 is 1.42 bits per heavy atom. The minimum Gasteiger partial charge on any atom is -0.390 e. The molecule has 0 saturated carbocycles. The molecule has 19 heavy (non-hydrogen) atoms. The lowest BCUT2D eigenvalue weighted by Gasteiger charge is -2.17. The third-order valence-corrected chi connectivity index (χ3v) is 4.81. The maximum Gasteiger partial charge on any atom is 0.271 e. The zero-order valence-corrected chi connectivity index (χ0v) is 11.1. The summed E-state index contributed by atoms with van der Waals surface area (Å²) in [6, 6.07) is 3.66. The highest BCUT2D eigenvalue weighted by Gasteiger charge is 2.36. The monoisotopic (exact) mass is 286 g/mol. The maximum atomic E-state index is 11.4. The van der Waals surface area contributed by atoms with E-state index in [9.17, 15) is 23.6 Å². The second kappa shape index (κ2) is 4.78. The number of nitrogens with one attached hydrogen (secondary N) is 1. The average molecular weight is 286 g/mol. The van der Waals surface area contributed by atoms with Crippen LogP contribution in [0.1, 0.15) is 5.56 Å². The van der Waals surface area contributed by atoms with E-state index >= 15 is 0 Å². The number of rotatable bonds is 3. The van der Waals surface area contributed by atoms with Gasteiger partial charge in [-0.25, -0.2) is 8.42 Å². The molecular formula is C11H14N2O5S. The Morgan fingerprint density at radius 3 is 2.63 bits per heavy atom. The summed E-state index contributed by atoms with van der Waals surface area (Å²) < 4.78 is 22.8. The number of aliphatic hydroxyl groups excluding tert-OH is 1. The average Bonchev–Trinajstić information content (AvgIpc) is 2.54. The highest BCUT2D eigenvalue weighted by Crippen LogP contribution is 2.25. The first-order chi connectivity index (χ1) is 8.78. The number of sulfone groups is 1. The van der Waals surface area contributed by atoms with Gasteiger partial charge in [0, 0.05) is 17.8 Å². The SMILES string of the molecule is Cc1ccc([N+](=O)[O-])cc1N[C@H]1CS(=O)(=O)C[C@H]1O. The fraction of sp³-hybridized carbons (Fsp3) is 0.455. The minimum absolute atomic E-state index is 0.0801. The molecule has 0 bridgehead atoms. The predicted octanol–water partition coefficient (Wildman–Crippen LogP) is 0.473. The van der Waals surface area contributed by atoms with Gasteiger partial charge in [-0.05, 0) is 12.5 Å². The molecule has 0 aliphatic carbocycles. The first-order valence-corrected chi connectivity index (χ1v) is 7.51. The number of benzene rings is 1. The Morgan fingerprint density at radius 2 is 2.11 bits per heavy atom. The summed E-state index contributed by atoms with van der Waals surface area (Å²) in [4.78, 5) is 10.2. The Labute approximate surface area is 110 Å². The fourth-order valence-electron chi connectivity index (χ4n) is 2.05. The standard InChI is InChI=1S/C11H14N2O5S/c1-7-2-3-8(13(15)16)4-9(7)12-10-5-19(17,18)6-11(10)14/h2-4,10-12,14H,5-6H2,1H3/t10-,11+/m0/s1. The van der Waals surface area contributed by atoms with Crippen molar-refractivity contribution in [2.75, 3.05) is 16.8 Å². The number of nitro benzene ring substituents is 1. The van der Waals surface area contributed by atoms with Crippen molar-refractivity contribution < 1.29 is 18.4 Å². The van der Waals surface area contributed by atoms with Crippen molar-refractivity contribution in [3.05, 3.63) is 33.9 Å². The van der Waals surface area contributed by atoms with Gasteiger partial charge in [-0.3, -0.25) is 10.1 Å². The van der Waals surface area contributed by atoms with Crippen molar-refractivity contribution in [1.82, 2.24) is 0 Å². The molecule has 1 fully saturated rings. The number of nitro groups is 1. The summed E-state index contributed by atoms with van der Waals surface area (Å²) in [5.74, 6) is -0.449. The molecule has 0 spiro atoms. The van der Waals surface area contributed by atoms with E-state index < -0.39 is 26.9 Å². The van der Waals surface area contributed by atoms with Crippen molar-refractivity contribution in [3.63, 3.8) is 0 Å². The molecule has 0 amide bonds. The van der Waals surface area contributed by atoms with Gasteiger partial charge in [0.25, 0.3) is 5.69 Å². The Bertz CT molecular complexity index is 614. The van der Waals surface area contributed by atoms with E-state index in [1.807, 2.05) is 0 Å². The van der Waals surface area contributed by atoms with Crippen LogP contribution in [0.5, 0.6) is 0 Å². The van der Waals surface area contributed by atoms with Crippen molar-refractivity contribution in [3.8, 4) is 0 Å². The van der Waals surface area contributed by atoms with Gasteiger partial charge >= 0.3 is 0 Å². The van der Waals surface area contributed by atoms with Gasteiger partial charge in [0.15, 0.2) is 9.84 Å². The molecule has 0 aromatic heterocycles. The topological polar surface area (TPSA) is 110 Å². The smallest absolute Gasteiger partial charge is 0.271 e. The molecule has 2 rings (SSSR count). The van der Waals surface area contributed by atoms with E-state index in [0.717, 1.165) is 5.56 Å². The van der Waals surface area contributed by atoms with Gasteiger partial charge in [-0.2, -0.15) is 0 Å². The lowest BCUT2D eigenvalue weighted by molar-refractivity contribution is -0.384. The summed E-state index contributed by atoms with van der Waals surface area (Å²) in [7, 11) is -3.25. The molecule has 1 aromatic carbocycles. The molecule has 8 heteroatoms. The zero-order valence-electron chi connectivity index (χ0n) is 10.2. The molecule has 0 unspecified atom stereocenters. The highest BCUT2D eigenvalue weighted by molar-refractivity contribution is 7.91. The number of hydrogen-bond acceptors (Lipinski definition) is 6. The fourth-order valence-corrected chi connectivity index (χ4v) is 3.79. The van der Waals surface area contributed by atoms with E-state index in [2.05, 4.69) is 5.32 Å². The van der Waals surface area contributed by atoms with E-state index in [1.165, 1.54) is 12.1 Å². The van der Waals surface area contributed by atoms with Crippen molar-refractivity contribution >= 4 is 21.2 Å². The third kappa shape index (κ3) is 3.02. The minimum atomic E-state index is -3.25. The quantitative estimate of drug-likeness (QED) is 0.617. The number of anilines is 1. The molecule has 0 radical (unpaired) electrons. The number of hydrogen-bond donors (Lipinski definition) is 2. The summed E-state index contributed by atoms with van der Waals surface area (Å²) in [6.45, 7) is 1.75. The Balaban J connectivity index is 2.24. The largest absolute Gasteiger partial charge is 0.390 e. The molecule has 1 aliphatic heterocycles. The van der Waals surface area contributed by atoms with Crippen molar-refractivity contribution in [2.45, 2.75) is 19.1 Å². The number of aryl methyl sites for hydroxylation is 1. The summed E-state index contributed by atoms with van der Waals surface area (Å²) >= 11 is 0. The number of non-ortho nitro benzene ring substituents is 1. The van der Waals surface area contributed by atoms with Crippen LogP contribution in [0.4, 0.5) is 11.4 Å². The van der Waals surface area contributed by atoms with E-state index in [1.54, 1.807) is 13.0 Å². The van der Waals surface area contributed by atoms with Crippen LogP contribution in [0, 0.1) is 17.0 Å². The molecule has 2 atom stereocenters. The summed E-state index contributed by atoms with van der Waals surface area (Å²) in [6.07, 6.45) is -0.997. The van der Waals surface area contributed by atoms with Gasteiger partial charge in [-0.1, -0.05) is 6.07 Å². The molecule has 2 N–H and O–H groups in total.